The van der Waals surface area contributed by atoms with Gasteiger partial charge in [-0.15, -0.1) is 11.3 Å². The first-order valence-corrected chi connectivity index (χ1v) is 3.78. The molecular weight excluding hydrogens is 148 g/mol. The molecule has 0 aliphatic heterocycles. The first kappa shape index (κ1) is 5.95. The monoisotopic (exact) mass is 154 g/mol. The van der Waals surface area contributed by atoms with Crippen LogP contribution in [0.4, 0.5) is 0 Å². The highest BCUT2D eigenvalue weighted by atomic mass is 32.1. The minimum atomic E-state index is 0.106. The number of furan rings is 1. The molecule has 2 aromatic heterocycles. The zero-order valence-corrected chi connectivity index (χ0v) is 6.02. The van der Waals surface area contributed by atoms with Crippen LogP contribution in [0, 0.1) is 0 Å². The van der Waals surface area contributed by atoms with E-state index in [4.69, 9.17) is 9.52 Å². The summed E-state index contributed by atoms with van der Waals surface area (Å²) >= 11 is 1.49. The summed E-state index contributed by atoms with van der Waals surface area (Å²) in [6.07, 6.45) is 1.66. The lowest BCUT2D eigenvalue weighted by atomic mass is 10.4. The topological polar surface area (TPSA) is 33.4 Å². The molecule has 0 aliphatic rings. The zero-order valence-electron chi connectivity index (χ0n) is 5.20. The van der Waals surface area contributed by atoms with E-state index in [9.17, 15) is 0 Å². The van der Waals surface area contributed by atoms with E-state index in [-0.39, 0.29) is 6.61 Å². The SMILES string of the molecule is OCc1cc2ccoc2s1. The van der Waals surface area contributed by atoms with Crippen LogP contribution < -0.4 is 0 Å². The summed E-state index contributed by atoms with van der Waals surface area (Å²) in [6.45, 7) is 0.106. The molecule has 0 saturated carbocycles. The highest BCUT2D eigenvalue weighted by Gasteiger charge is 2.01. The lowest BCUT2D eigenvalue weighted by Gasteiger charge is -1.79. The molecule has 0 aliphatic carbocycles. The summed E-state index contributed by atoms with van der Waals surface area (Å²) in [4.78, 5) is 1.85. The third kappa shape index (κ3) is 0.751. The van der Waals surface area contributed by atoms with Crippen molar-refractivity contribution in [1.82, 2.24) is 0 Å². The lowest BCUT2D eigenvalue weighted by Crippen LogP contribution is -1.70. The Morgan fingerprint density at radius 1 is 1.60 bits per heavy atom. The summed E-state index contributed by atoms with van der Waals surface area (Å²) in [7, 11) is 0. The molecule has 2 nitrogen and oxygen atoms in total. The molecule has 0 bridgehead atoms. The molecule has 0 radical (unpaired) electrons. The number of rotatable bonds is 1. The molecule has 0 aromatic carbocycles. The number of hydrogen-bond donors (Lipinski definition) is 1. The maximum atomic E-state index is 8.73. The van der Waals surface area contributed by atoms with Gasteiger partial charge in [0.2, 0.25) is 0 Å². The minimum absolute atomic E-state index is 0.106. The van der Waals surface area contributed by atoms with Gasteiger partial charge in [-0.1, -0.05) is 0 Å². The van der Waals surface area contributed by atoms with Crippen molar-refractivity contribution >= 4 is 21.6 Å². The van der Waals surface area contributed by atoms with Crippen LogP contribution in [-0.2, 0) is 6.61 Å². The second kappa shape index (κ2) is 2.11. The van der Waals surface area contributed by atoms with Gasteiger partial charge in [0, 0.05) is 10.3 Å². The molecule has 0 fully saturated rings. The molecule has 2 aromatic rings. The molecular formula is C7H6O2S. The van der Waals surface area contributed by atoms with E-state index in [0.29, 0.717) is 0 Å². The van der Waals surface area contributed by atoms with Gasteiger partial charge in [-0.3, -0.25) is 0 Å². The Balaban J connectivity index is 2.67. The van der Waals surface area contributed by atoms with Crippen LogP contribution >= 0.6 is 11.3 Å². The first-order chi connectivity index (χ1) is 4.90. The number of aliphatic hydroxyl groups is 1. The van der Waals surface area contributed by atoms with Gasteiger partial charge < -0.3 is 9.52 Å². The van der Waals surface area contributed by atoms with Gasteiger partial charge in [-0.05, 0) is 12.1 Å². The molecule has 2 heterocycles. The van der Waals surface area contributed by atoms with Crippen molar-refractivity contribution < 1.29 is 9.52 Å². The van der Waals surface area contributed by atoms with Crippen molar-refractivity contribution in [2.45, 2.75) is 6.61 Å². The number of aliphatic hydroxyl groups excluding tert-OH is 1. The quantitative estimate of drug-likeness (QED) is 0.681. The Bertz CT molecular complexity index is 305. The van der Waals surface area contributed by atoms with Crippen LogP contribution in [0.3, 0.4) is 0 Å². The fraction of sp³-hybridized carbons (Fsp3) is 0.143. The van der Waals surface area contributed by atoms with Gasteiger partial charge in [-0.25, -0.2) is 0 Å². The molecule has 3 heteroatoms. The van der Waals surface area contributed by atoms with Crippen LogP contribution in [0.5, 0.6) is 0 Å². The maximum absolute atomic E-state index is 8.73. The van der Waals surface area contributed by atoms with Gasteiger partial charge in [0.15, 0.2) is 4.90 Å². The highest BCUT2D eigenvalue weighted by molar-refractivity contribution is 7.18. The first-order valence-electron chi connectivity index (χ1n) is 2.97. The van der Waals surface area contributed by atoms with E-state index in [2.05, 4.69) is 0 Å². The Labute approximate surface area is 61.7 Å². The number of thiophene rings is 1. The predicted molar refractivity (Wildman–Crippen MR) is 40.0 cm³/mol. The summed E-state index contributed by atoms with van der Waals surface area (Å²) in [6, 6.07) is 3.83. The van der Waals surface area contributed by atoms with E-state index in [0.717, 1.165) is 15.2 Å². The van der Waals surface area contributed by atoms with Crippen molar-refractivity contribution in [2.75, 3.05) is 0 Å². The van der Waals surface area contributed by atoms with Crippen molar-refractivity contribution in [2.24, 2.45) is 0 Å². The maximum Gasteiger partial charge on any atom is 0.187 e. The second-order valence-electron chi connectivity index (χ2n) is 2.03. The fourth-order valence-corrected chi connectivity index (χ4v) is 1.73. The van der Waals surface area contributed by atoms with Crippen molar-refractivity contribution in [3.05, 3.63) is 23.3 Å². The van der Waals surface area contributed by atoms with E-state index < -0.39 is 0 Å². The Hall–Kier alpha value is -0.800. The number of hydrogen-bond acceptors (Lipinski definition) is 3. The third-order valence-corrected chi connectivity index (χ3v) is 2.38. The molecule has 0 amide bonds. The molecule has 2 rings (SSSR count). The van der Waals surface area contributed by atoms with Crippen molar-refractivity contribution in [3.63, 3.8) is 0 Å². The van der Waals surface area contributed by atoms with E-state index in [1.54, 1.807) is 6.26 Å². The van der Waals surface area contributed by atoms with Gasteiger partial charge in [0.25, 0.3) is 0 Å². The smallest absolute Gasteiger partial charge is 0.187 e. The average Bonchev–Trinajstić information content (AvgIpc) is 2.42. The summed E-state index contributed by atoms with van der Waals surface area (Å²) in [5.41, 5.74) is 0. The molecule has 0 spiro atoms. The van der Waals surface area contributed by atoms with Gasteiger partial charge in [-0.2, -0.15) is 0 Å². The van der Waals surface area contributed by atoms with Gasteiger partial charge >= 0.3 is 0 Å². The molecule has 0 atom stereocenters. The largest absolute Gasteiger partial charge is 0.454 e. The van der Waals surface area contributed by atoms with E-state index >= 15 is 0 Å². The molecule has 0 saturated heterocycles. The van der Waals surface area contributed by atoms with Crippen LogP contribution in [0.2, 0.25) is 0 Å². The molecule has 1 N–H and O–H groups in total. The van der Waals surface area contributed by atoms with Gasteiger partial charge in [0.1, 0.15) is 0 Å². The molecule has 0 unspecified atom stereocenters. The standard InChI is InChI=1S/C7H6O2S/c8-4-6-3-5-1-2-9-7(5)10-6/h1-3,8H,4H2. The summed E-state index contributed by atoms with van der Waals surface area (Å²) in [5, 5.41) is 9.80. The van der Waals surface area contributed by atoms with Crippen LogP contribution in [0.1, 0.15) is 4.88 Å². The third-order valence-electron chi connectivity index (χ3n) is 1.35. The van der Waals surface area contributed by atoms with E-state index in [1.165, 1.54) is 11.3 Å². The lowest BCUT2D eigenvalue weighted by molar-refractivity contribution is 0.285. The average molecular weight is 154 g/mol. The summed E-state index contributed by atoms with van der Waals surface area (Å²) in [5.74, 6) is 0. The Morgan fingerprint density at radius 2 is 2.50 bits per heavy atom. The van der Waals surface area contributed by atoms with Crippen LogP contribution in [0.15, 0.2) is 22.8 Å². The molecule has 10 heavy (non-hydrogen) atoms. The van der Waals surface area contributed by atoms with Crippen molar-refractivity contribution in [1.29, 1.82) is 0 Å². The highest BCUT2D eigenvalue weighted by Crippen LogP contribution is 2.25. The van der Waals surface area contributed by atoms with Gasteiger partial charge in [0.05, 0.1) is 12.9 Å². The normalized spacial score (nSPS) is 10.9. The fourth-order valence-electron chi connectivity index (χ4n) is 0.895. The zero-order chi connectivity index (χ0) is 6.97. The van der Waals surface area contributed by atoms with Crippen molar-refractivity contribution in [3.8, 4) is 0 Å². The van der Waals surface area contributed by atoms with Crippen LogP contribution in [-0.4, -0.2) is 5.11 Å². The number of fused-ring (bicyclic) bond motifs is 1. The summed E-state index contributed by atoms with van der Waals surface area (Å²) < 4.78 is 5.11. The minimum Gasteiger partial charge on any atom is -0.454 e. The predicted octanol–water partition coefficient (Wildman–Crippen LogP) is 1.99. The Morgan fingerprint density at radius 3 is 3.20 bits per heavy atom. The van der Waals surface area contributed by atoms with E-state index in [1.807, 2.05) is 12.1 Å². The Kier molecular flexibility index (Phi) is 1.25. The van der Waals surface area contributed by atoms with Crippen LogP contribution in [0.25, 0.3) is 10.3 Å². The molecule has 52 valence electrons. The second-order valence-corrected chi connectivity index (χ2v) is 3.13.